The van der Waals surface area contributed by atoms with E-state index in [9.17, 15) is 0 Å². The summed E-state index contributed by atoms with van der Waals surface area (Å²) in [6, 6.07) is 0. The summed E-state index contributed by atoms with van der Waals surface area (Å²) in [4.78, 5) is 0. The molecule has 0 fully saturated rings. The summed E-state index contributed by atoms with van der Waals surface area (Å²) >= 11 is 0. The van der Waals surface area contributed by atoms with Crippen molar-refractivity contribution in [2.45, 2.75) is 46.2 Å². The van der Waals surface area contributed by atoms with Gasteiger partial charge < -0.3 is 0 Å². The second kappa shape index (κ2) is 4.93. The number of hydrogen-bond donors (Lipinski definition) is 0. The van der Waals surface area contributed by atoms with Crippen LogP contribution in [0.25, 0.3) is 0 Å². The van der Waals surface area contributed by atoms with Gasteiger partial charge in [0.05, 0.1) is 0 Å². The summed E-state index contributed by atoms with van der Waals surface area (Å²) in [5.74, 6) is 0. The molecule has 0 radical (unpaired) electrons. The third-order valence-corrected chi connectivity index (χ3v) is 3.18. The number of rotatable bonds is 3. The zero-order chi connectivity index (χ0) is 8.91. The van der Waals surface area contributed by atoms with E-state index in [2.05, 4.69) is 49.1 Å². The normalized spacial score (nSPS) is 15.7. The minimum atomic E-state index is 0.419. The van der Waals surface area contributed by atoms with Gasteiger partial charge in [-0.15, -0.1) is 9.24 Å². The third-order valence-electron chi connectivity index (χ3n) is 1.90. The molecule has 0 saturated carbocycles. The largest absolute Gasteiger partial charge is 0.134 e. The van der Waals surface area contributed by atoms with Gasteiger partial charge in [0.1, 0.15) is 0 Å². The van der Waals surface area contributed by atoms with E-state index in [1.807, 2.05) is 0 Å². The van der Waals surface area contributed by atoms with E-state index in [0.717, 1.165) is 6.42 Å². The second-order valence-electron chi connectivity index (χ2n) is 4.09. The highest BCUT2D eigenvalue weighted by atomic mass is 31.0. The van der Waals surface area contributed by atoms with Crippen LogP contribution in [0.2, 0.25) is 0 Å². The Bertz CT molecular complexity index is 119. The molecule has 0 amide bonds. The van der Waals surface area contributed by atoms with Crippen molar-refractivity contribution in [3.63, 3.8) is 0 Å². The molecular formula is C10H21P. The predicted octanol–water partition coefficient (Wildman–Crippen LogP) is 3.63. The van der Waals surface area contributed by atoms with Crippen LogP contribution >= 0.6 is 9.24 Å². The highest BCUT2D eigenvalue weighted by Crippen LogP contribution is 2.28. The number of hydrogen-bond acceptors (Lipinski definition) is 0. The Kier molecular flexibility index (Phi) is 5.01. The van der Waals surface area contributed by atoms with Crippen molar-refractivity contribution in [1.82, 2.24) is 0 Å². The first-order valence-corrected chi connectivity index (χ1v) is 5.05. The molecule has 0 bridgehead atoms. The molecule has 0 N–H and O–H groups in total. The van der Waals surface area contributed by atoms with E-state index in [-0.39, 0.29) is 0 Å². The molecule has 1 heteroatoms. The summed E-state index contributed by atoms with van der Waals surface area (Å²) in [5.41, 5.74) is 1.12. The first-order valence-electron chi connectivity index (χ1n) is 4.39. The zero-order valence-corrected chi connectivity index (χ0v) is 9.38. The summed E-state index contributed by atoms with van der Waals surface area (Å²) in [5, 5.41) is 0. The Morgan fingerprint density at radius 1 is 1.27 bits per heavy atom. The lowest BCUT2D eigenvalue weighted by Gasteiger charge is -2.25. The average molecular weight is 172 g/mol. The van der Waals surface area contributed by atoms with Crippen molar-refractivity contribution in [2.24, 2.45) is 5.41 Å². The van der Waals surface area contributed by atoms with Gasteiger partial charge in [0, 0.05) is 0 Å². The molecule has 2 unspecified atom stereocenters. The van der Waals surface area contributed by atoms with Crippen LogP contribution in [0.3, 0.4) is 0 Å². The van der Waals surface area contributed by atoms with Crippen LogP contribution in [0.4, 0.5) is 0 Å². The van der Waals surface area contributed by atoms with Crippen LogP contribution < -0.4 is 0 Å². The molecule has 11 heavy (non-hydrogen) atoms. The van der Waals surface area contributed by atoms with Gasteiger partial charge in [0.15, 0.2) is 0 Å². The van der Waals surface area contributed by atoms with Crippen LogP contribution in [-0.2, 0) is 0 Å². The second-order valence-corrected chi connectivity index (χ2v) is 4.89. The minimum Gasteiger partial charge on any atom is -0.134 e. The molecule has 0 saturated heterocycles. The van der Waals surface area contributed by atoms with Crippen LogP contribution in [-0.4, -0.2) is 5.66 Å². The monoisotopic (exact) mass is 172 g/mol. The van der Waals surface area contributed by atoms with Gasteiger partial charge in [0.25, 0.3) is 0 Å². The smallest absolute Gasteiger partial charge is 0.0181 e. The fourth-order valence-electron chi connectivity index (χ4n) is 0.763. The van der Waals surface area contributed by atoms with Crippen LogP contribution in [0.1, 0.15) is 40.5 Å². The molecule has 0 aromatic carbocycles. The highest BCUT2D eigenvalue weighted by Gasteiger charge is 2.18. The Labute approximate surface area is 73.7 Å². The van der Waals surface area contributed by atoms with E-state index in [1.165, 1.54) is 6.42 Å². The summed E-state index contributed by atoms with van der Waals surface area (Å²) in [6.07, 6.45) is 6.86. The lowest BCUT2D eigenvalue weighted by Crippen LogP contribution is -2.19. The van der Waals surface area contributed by atoms with Crippen molar-refractivity contribution >= 4 is 9.24 Å². The Balaban J connectivity index is 3.69. The van der Waals surface area contributed by atoms with Crippen molar-refractivity contribution in [1.29, 1.82) is 0 Å². The summed E-state index contributed by atoms with van der Waals surface area (Å²) < 4.78 is 0. The van der Waals surface area contributed by atoms with Crippen LogP contribution in [0, 0.1) is 5.41 Å². The van der Waals surface area contributed by atoms with Gasteiger partial charge in [-0.1, -0.05) is 39.8 Å². The summed E-state index contributed by atoms with van der Waals surface area (Å²) in [6.45, 7) is 9.02. The highest BCUT2D eigenvalue weighted by molar-refractivity contribution is 7.17. The molecule has 66 valence electrons. The molecule has 0 spiro atoms. The standard InChI is InChI=1S/C10H21P/c1-5-6-7-8-9(11)10(2,3)4/h6-7,9H,5,8,11H2,1-4H3/b7-6+. The lowest BCUT2D eigenvalue weighted by atomic mass is 9.90. The molecule has 0 nitrogen and oxygen atoms in total. The topological polar surface area (TPSA) is 0 Å². The lowest BCUT2D eigenvalue weighted by molar-refractivity contribution is 0.395. The maximum Gasteiger partial charge on any atom is -0.0181 e. The molecule has 2 atom stereocenters. The van der Waals surface area contributed by atoms with Crippen molar-refractivity contribution in [3.8, 4) is 0 Å². The average Bonchev–Trinajstić information content (AvgIpc) is 1.86. The van der Waals surface area contributed by atoms with Gasteiger partial charge in [0.2, 0.25) is 0 Å². The van der Waals surface area contributed by atoms with Crippen LogP contribution in [0.5, 0.6) is 0 Å². The Morgan fingerprint density at radius 3 is 2.18 bits per heavy atom. The first-order chi connectivity index (χ1) is 4.98. The van der Waals surface area contributed by atoms with Crippen molar-refractivity contribution in [3.05, 3.63) is 12.2 Å². The SMILES string of the molecule is CC/C=C/CC(P)C(C)(C)C. The van der Waals surface area contributed by atoms with E-state index >= 15 is 0 Å². The molecular weight excluding hydrogens is 151 g/mol. The van der Waals surface area contributed by atoms with Gasteiger partial charge in [-0.2, -0.15) is 0 Å². The van der Waals surface area contributed by atoms with Crippen molar-refractivity contribution in [2.75, 3.05) is 0 Å². The maximum absolute atomic E-state index is 2.92. The predicted molar refractivity (Wildman–Crippen MR) is 57.0 cm³/mol. The fraction of sp³-hybridized carbons (Fsp3) is 0.800. The minimum absolute atomic E-state index is 0.419. The first kappa shape index (κ1) is 11.2. The van der Waals surface area contributed by atoms with Gasteiger partial charge >= 0.3 is 0 Å². The van der Waals surface area contributed by atoms with E-state index in [4.69, 9.17) is 0 Å². The molecule has 0 aromatic heterocycles. The quantitative estimate of drug-likeness (QED) is 0.450. The Hall–Kier alpha value is 0.170. The van der Waals surface area contributed by atoms with Gasteiger partial charge in [-0.05, 0) is 23.9 Å². The third kappa shape index (κ3) is 5.44. The number of allylic oxidation sites excluding steroid dienone is 2. The van der Waals surface area contributed by atoms with Gasteiger partial charge in [-0.3, -0.25) is 0 Å². The maximum atomic E-state index is 2.92. The zero-order valence-electron chi connectivity index (χ0n) is 8.22. The molecule has 0 aromatic rings. The molecule has 0 aliphatic carbocycles. The van der Waals surface area contributed by atoms with E-state index < -0.39 is 0 Å². The molecule has 0 heterocycles. The molecule has 0 aliphatic heterocycles. The van der Waals surface area contributed by atoms with Crippen molar-refractivity contribution < 1.29 is 0 Å². The van der Waals surface area contributed by atoms with E-state index in [1.54, 1.807) is 0 Å². The van der Waals surface area contributed by atoms with Gasteiger partial charge in [-0.25, -0.2) is 0 Å². The fourth-order valence-corrected chi connectivity index (χ4v) is 0.920. The summed E-state index contributed by atoms with van der Waals surface area (Å²) in [7, 11) is 2.92. The van der Waals surface area contributed by atoms with E-state index in [0.29, 0.717) is 11.1 Å². The molecule has 0 rings (SSSR count). The molecule has 0 aliphatic rings. The Morgan fingerprint density at radius 2 is 1.82 bits per heavy atom. The van der Waals surface area contributed by atoms with Crippen LogP contribution in [0.15, 0.2) is 12.2 Å².